The Bertz CT molecular complexity index is 1470. The van der Waals surface area contributed by atoms with Gasteiger partial charge >= 0.3 is 0 Å². The second-order valence-electron chi connectivity index (χ2n) is 8.77. The van der Waals surface area contributed by atoms with Gasteiger partial charge in [0.2, 0.25) is 0 Å². The molecular weight excluding hydrogens is 440 g/mol. The normalized spacial score (nSPS) is 12.2. The van der Waals surface area contributed by atoms with Gasteiger partial charge in [0, 0.05) is 25.7 Å². The molecule has 0 bridgehead atoms. The highest BCUT2D eigenvalue weighted by Gasteiger charge is 2.22. The molecule has 7 heteroatoms. The molecule has 0 saturated heterocycles. The van der Waals surface area contributed by atoms with Gasteiger partial charge in [-0.25, -0.2) is 4.98 Å². The first-order valence-electron chi connectivity index (χ1n) is 11.6. The number of nitro benzene ring substituents is 1. The van der Waals surface area contributed by atoms with Gasteiger partial charge in [0.05, 0.1) is 27.1 Å². The van der Waals surface area contributed by atoms with Crippen LogP contribution >= 0.6 is 0 Å². The van der Waals surface area contributed by atoms with Gasteiger partial charge in [-0.15, -0.1) is 0 Å². The Kier molecular flexibility index (Phi) is 6.78. The molecule has 0 amide bonds. The number of rotatable bonds is 7. The van der Waals surface area contributed by atoms with Crippen LogP contribution in [-0.4, -0.2) is 33.5 Å². The van der Waals surface area contributed by atoms with Crippen LogP contribution in [-0.2, 0) is 0 Å². The number of hydrogen-bond donors (Lipinski definition) is 0. The molecule has 0 radical (unpaired) electrons. The fourth-order valence-electron chi connectivity index (χ4n) is 4.05. The monoisotopic (exact) mass is 468 g/mol. The van der Waals surface area contributed by atoms with E-state index < -0.39 is 4.92 Å². The second kappa shape index (κ2) is 9.93. The molecule has 1 unspecified atom stereocenters. The number of hydrogen-bond acceptors (Lipinski definition) is 5. The summed E-state index contributed by atoms with van der Waals surface area (Å²) in [5.74, 6) is 0.751. The van der Waals surface area contributed by atoms with Gasteiger partial charge in [-0.3, -0.25) is 19.5 Å². The van der Waals surface area contributed by atoms with Crippen molar-refractivity contribution in [3.8, 4) is 17.1 Å². The van der Waals surface area contributed by atoms with Crippen molar-refractivity contribution in [2.75, 3.05) is 14.1 Å². The summed E-state index contributed by atoms with van der Waals surface area (Å²) in [5, 5.41) is 12.4. The van der Waals surface area contributed by atoms with Gasteiger partial charge in [-0.05, 0) is 54.4 Å². The van der Waals surface area contributed by atoms with E-state index in [-0.39, 0.29) is 11.2 Å². The molecule has 1 atom stereocenters. The maximum absolute atomic E-state index is 13.8. The molecule has 0 saturated carbocycles. The Morgan fingerprint density at radius 1 is 1.06 bits per heavy atom. The van der Waals surface area contributed by atoms with Crippen molar-refractivity contribution in [2.24, 2.45) is 0 Å². The van der Waals surface area contributed by atoms with Crippen molar-refractivity contribution in [1.29, 1.82) is 0 Å². The highest BCUT2D eigenvalue weighted by Crippen LogP contribution is 2.32. The molecule has 0 aliphatic rings. The van der Waals surface area contributed by atoms with E-state index in [1.165, 1.54) is 11.6 Å². The highest BCUT2D eigenvalue weighted by molar-refractivity contribution is 5.84. The Morgan fingerprint density at radius 3 is 2.43 bits per heavy atom. The van der Waals surface area contributed by atoms with E-state index in [0.29, 0.717) is 39.5 Å². The van der Waals surface area contributed by atoms with Gasteiger partial charge in [0.1, 0.15) is 5.82 Å². The maximum Gasteiger partial charge on any atom is 0.277 e. The molecule has 178 valence electrons. The summed E-state index contributed by atoms with van der Waals surface area (Å²) in [5.41, 5.74) is 2.99. The smallest absolute Gasteiger partial charge is 0.277 e. The maximum atomic E-state index is 13.8. The Hall–Kier alpha value is -4.26. The fraction of sp³-hybridized carbons (Fsp3) is 0.214. The van der Waals surface area contributed by atoms with Crippen LogP contribution in [0.15, 0.2) is 77.7 Å². The minimum atomic E-state index is -0.413. The average molecular weight is 469 g/mol. The van der Waals surface area contributed by atoms with Crippen LogP contribution in [0.2, 0.25) is 0 Å². The average Bonchev–Trinajstić information content (AvgIpc) is 2.86. The summed E-state index contributed by atoms with van der Waals surface area (Å²) in [4.78, 5) is 31.9. The molecule has 0 spiro atoms. The molecule has 1 aromatic heterocycles. The third-order valence-corrected chi connectivity index (χ3v) is 6.17. The summed E-state index contributed by atoms with van der Waals surface area (Å²) in [6, 6.07) is 19.9. The zero-order valence-electron chi connectivity index (χ0n) is 20.3. The first-order valence-corrected chi connectivity index (χ1v) is 11.6. The zero-order valence-corrected chi connectivity index (χ0v) is 20.3. The SMILES string of the molecule is CCC(C)c1ccc(-n2c(-c3cccc([N+](=O)[O-])c3/C=C/N(C)C)nc3ccccc3c2=O)cc1. The number of nitro groups is 1. The van der Waals surface area contributed by atoms with E-state index in [1.54, 1.807) is 52.1 Å². The van der Waals surface area contributed by atoms with E-state index in [0.717, 1.165) is 6.42 Å². The van der Waals surface area contributed by atoms with Crippen LogP contribution in [0, 0.1) is 10.1 Å². The van der Waals surface area contributed by atoms with Crippen LogP contribution in [0.4, 0.5) is 5.69 Å². The molecule has 4 aromatic rings. The summed E-state index contributed by atoms with van der Waals surface area (Å²) in [7, 11) is 3.68. The largest absolute Gasteiger partial charge is 0.383 e. The van der Waals surface area contributed by atoms with Crippen LogP contribution in [0.25, 0.3) is 34.1 Å². The van der Waals surface area contributed by atoms with E-state index in [4.69, 9.17) is 4.98 Å². The quantitative estimate of drug-likeness (QED) is 0.245. The summed E-state index contributed by atoms with van der Waals surface area (Å²) in [6.45, 7) is 4.30. The van der Waals surface area contributed by atoms with Crippen LogP contribution in [0.1, 0.15) is 37.3 Å². The Balaban J connectivity index is 2.06. The molecule has 1 heterocycles. The predicted molar refractivity (Wildman–Crippen MR) is 141 cm³/mol. The topological polar surface area (TPSA) is 81.3 Å². The van der Waals surface area contributed by atoms with Gasteiger partial charge < -0.3 is 4.90 Å². The fourth-order valence-corrected chi connectivity index (χ4v) is 4.05. The zero-order chi connectivity index (χ0) is 25.1. The minimum absolute atomic E-state index is 0.0540. The highest BCUT2D eigenvalue weighted by atomic mass is 16.6. The molecule has 0 aliphatic heterocycles. The Labute approximate surface area is 204 Å². The van der Waals surface area contributed by atoms with Crippen LogP contribution in [0.5, 0.6) is 0 Å². The van der Waals surface area contributed by atoms with E-state index >= 15 is 0 Å². The van der Waals surface area contributed by atoms with Gasteiger partial charge in [-0.1, -0.05) is 50.2 Å². The molecule has 35 heavy (non-hydrogen) atoms. The van der Waals surface area contributed by atoms with Crippen molar-refractivity contribution < 1.29 is 4.92 Å². The van der Waals surface area contributed by atoms with Crippen molar-refractivity contribution >= 4 is 22.7 Å². The lowest BCUT2D eigenvalue weighted by atomic mass is 9.98. The van der Waals surface area contributed by atoms with E-state index in [2.05, 4.69) is 13.8 Å². The predicted octanol–water partition coefficient (Wildman–Crippen LogP) is 6.01. The van der Waals surface area contributed by atoms with Crippen LogP contribution < -0.4 is 5.56 Å². The molecule has 0 aliphatic carbocycles. The number of benzene rings is 3. The summed E-state index contributed by atoms with van der Waals surface area (Å²) < 4.78 is 1.55. The number of para-hydroxylation sites is 1. The van der Waals surface area contributed by atoms with Crippen molar-refractivity contribution in [2.45, 2.75) is 26.2 Å². The van der Waals surface area contributed by atoms with Crippen molar-refractivity contribution in [3.63, 3.8) is 0 Å². The van der Waals surface area contributed by atoms with E-state index in [9.17, 15) is 14.9 Å². The van der Waals surface area contributed by atoms with Crippen LogP contribution in [0.3, 0.4) is 0 Å². The van der Waals surface area contributed by atoms with Gasteiger partial charge in [-0.2, -0.15) is 0 Å². The molecule has 0 N–H and O–H groups in total. The third-order valence-electron chi connectivity index (χ3n) is 6.17. The molecule has 4 rings (SSSR count). The van der Waals surface area contributed by atoms with Gasteiger partial charge in [0.15, 0.2) is 0 Å². The Morgan fingerprint density at radius 2 is 1.77 bits per heavy atom. The molecule has 3 aromatic carbocycles. The minimum Gasteiger partial charge on any atom is -0.383 e. The number of nitrogens with zero attached hydrogens (tertiary/aromatic N) is 4. The van der Waals surface area contributed by atoms with Crippen molar-refractivity contribution in [3.05, 3.63) is 105 Å². The lowest BCUT2D eigenvalue weighted by Crippen LogP contribution is -2.22. The molecule has 0 fully saturated rings. The molecular formula is C28H28N4O3. The standard InChI is InChI=1S/C28H28N4O3/c1-5-19(2)20-13-15-21(16-14-20)31-27(29-25-11-7-6-9-24(25)28(31)33)23-10-8-12-26(32(34)35)22(23)17-18-30(3)4/h6-19H,5H2,1-4H3/b18-17+. The van der Waals surface area contributed by atoms with Gasteiger partial charge in [0.25, 0.3) is 11.2 Å². The second-order valence-corrected chi connectivity index (χ2v) is 8.77. The lowest BCUT2D eigenvalue weighted by Gasteiger charge is -2.17. The lowest BCUT2D eigenvalue weighted by molar-refractivity contribution is -0.385. The molecule has 7 nitrogen and oxygen atoms in total. The number of fused-ring (bicyclic) bond motifs is 1. The third kappa shape index (κ3) is 4.71. The number of aromatic nitrogens is 2. The summed E-state index contributed by atoms with van der Waals surface area (Å²) >= 11 is 0. The van der Waals surface area contributed by atoms with E-state index in [1.807, 2.05) is 44.4 Å². The summed E-state index contributed by atoms with van der Waals surface area (Å²) in [6.07, 6.45) is 4.44. The first-order chi connectivity index (χ1) is 16.8. The van der Waals surface area contributed by atoms with Crippen molar-refractivity contribution in [1.82, 2.24) is 14.5 Å². The first kappa shape index (κ1) is 23.9.